The molecule has 1 amide bonds. The zero-order valence-electron chi connectivity index (χ0n) is 11.9. The SMILES string of the molecule is C[NH+](CC(=O)Nc1ccccc1C(F)(F)F)Cc1ccco1. The van der Waals surface area contributed by atoms with Crippen molar-refractivity contribution in [1.29, 1.82) is 0 Å². The molecule has 1 aromatic carbocycles. The first-order valence-corrected chi connectivity index (χ1v) is 6.66. The molecule has 4 nitrogen and oxygen atoms in total. The van der Waals surface area contributed by atoms with E-state index in [-0.39, 0.29) is 12.2 Å². The number of carbonyl (C=O) groups excluding carboxylic acids is 1. The molecular formula is C15H16F3N2O2+. The van der Waals surface area contributed by atoms with Crippen molar-refractivity contribution in [3.05, 3.63) is 54.0 Å². The lowest BCUT2D eigenvalue weighted by Gasteiger charge is -2.15. The second kappa shape index (κ2) is 6.65. The maximum atomic E-state index is 12.8. The van der Waals surface area contributed by atoms with Crippen LogP contribution >= 0.6 is 0 Å². The second-order valence-electron chi connectivity index (χ2n) is 4.98. The Labute approximate surface area is 125 Å². The van der Waals surface area contributed by atoms with Crippen LogP contribution in [0.15, 0.2) is 47.1 Å². The van der Waals surface area contributed by atoms with E-state index in [0.29, 0.717) is 12.3 Å². The van der Waals surface area contributed by atoms with Gasteiger partial charge in [0.05, 0.1) is 24.6 Å². The number of benzene rings is 1. The fourth-order valence-electron chi connectivity index (χ4n) is 2.08. The zero-order valence-corrected chi connectivity index (χ0v) is 11.9. The average molecular weight is 313 g/mol. The number of halogens is 3. The lowest BCUT2D eigenvalue weighted by molar-refractivity contribution is -0.886. The van der Waals surface area contributed by atoms with Gasteiger partial charge in [-0.15, -0.1) is 0 Å². The van der Waals surface area contributed by atoms with E-state index in [0.717, 1.165) is 11.0 Å². The van der Waals surface area contributed by atoms with Gasteiger partial charge in [0.15, 0.2) is 12.3 Å². The van der Waals surface area contributed by atoms with Crippen molar-refractivity contribution < 1.29 is 27.3 Å². The zero-order chi connectivity index (χ0) is 16.2. The molecule has 22 heavy (non-hydrogen) atoms. The Morgan fingerprint density at radius 3 is 2.59 bits per heavy atom. The van der Waals surface area contributed by atoms with Crippen molar-refractivity contribution in [2.75, 3.05) is 18.9 Å². The van der Waals surface area contributed by atoms with Gasteiger partial charge in [-0.2, -0.15) is 13.2 Å². The Hall–Kier alpha value is -2.28. The van der Waals surface area contributed by atoms with Gasteiger partial charge in [0.2, 0.25) is 0 Å². The van der Waals surface area contributed by atoms with Crippen LogP contribution in [-0.2, 0) is 17.5 Å². The third-order valence-corrected chi connectivity index (χ3v) is 3.02. The molecule has 0 aliphatic heterocycles. The summed E-state index contributed by atoms with van der Waals surface area (Å²) in [6.07, 6.45) is -2.97. The third kappa shape index (κ3) is 4.36. The number of carbonyl (C=O) groups is 1. The van der Waals surface area contributed by atoms with Crippen LogP contribution in [0.1, 0.15) is 11.3 Å². The normalized spacial score (nSPS) is 12.9. The largest absolute Gasteiger partial charge is 0.463 e. The molecule has 1 atom stereocenters. The molecule has 118 valence electrons. The first-order chi connectivity index (χ1) is 10.4. The number of quaternary nitrogens is 1. The third-order valence-electron chi connectivity index (χ3n) is 3.02. The summed E-state index contributed by atoms with van der Waals surface area (Å²) < 4.78 is 43.7. The van der Waals surface area contributed by atoms with E-state index >= 15 is 0 Å². The highest BCUT2D eigenvalue weighted by Crippen LogP contribution is 2.34. The first-order valence-electron chi connectivity index (χ1n) is 6.66. The number of likely N-dealkylation sites (N-methyl/N-ethyl adjacent to an activating group) is 1. The standard InChI is InChI=1S/C15H15F3N2O2/c1-20(9-11-5-4-8-22-11)10-14(21)19-13-7-3-2-6-12(13)15(16,17)18/h2-8H,9-10H2,1H3,(H,19,21)/p+1. The minimum Gasteiger partial charge on any atom is -0.463 e. The molecule has 2 rings (SSSR count). The van der Waals surface area contributed by atoms with Gasteiger partial charge >= 0.3 is 6.18 Å². The van der Waals surface area contributed by atoms with Crippen molar-refractivity contribution >= 4 is 11.6 Å². The van der Waals surface area contributed by atoms with Gasteiger partial charge in [0.25, 0.3) is 5.91 Å². The smallest absolute Gasteiger partial charge is 0.418 e. The van der Waals surface area contributed by atoms with Gasteiger partial charge in [0.1, 0.15) is 6.54 Å². The predicted molar refractivity (Wildman–Crippen MR) is 74.2 cm³/mol. The Kier molecular flexibility index (Phi) is 4.87. The second-order valence-corrected chi connectivity index (χ2v) is 4.98. The van der Waals surface area contributed by atoms with Crippen molar-refractivity contribution in [3.8, 4) is 0 Å². The first kappa shape index (κ1) is 16.1. The van der Waals surface area contributed by atoms with Crippen LogP contribution in [0.25, 0.3) is 0 Å². The maximum absolute atomic E-state index is 12.8. The molecule has 1 aromatic heterocycles. The highest BCUT2D eigenvalue weighted by molar-refractivity contribution is 5.92. The summed E-state index contributed by atoms with van der Waals surface area (Å²) in [7, 11) is 1.76. The quantitative estimate of drug-likeness (QED) is 0.886. The van der Waals surface area contributed by atoms with Crippen LogP contribution < -0.4 is 10.2 Å². The Bertz CT molecular complexity index is 624. The van der Waals surface area contributed by atoms with E-state index in [1.807, 2.05) is 0 Å². The summed E-state index contributed by atoms with van der Waals surface area (Å²) >= 11 is 0. The van der Waals surface area contributed by atoms with Crippen LogP contribution in [0.2, 0.25) is 0 Å². The van der Waals surface area contributed by atoms with Crippen LogP contribution in [0, 0.1) is 0 Å². The summed E-state index contributed by atoms with van der Waals surface area (Å²) in [6, 6.07) is 8.43. The van der Waals surface area contributed by atoms with Gasteiger partial charge in [-0.3, -0.25) is 4.79 Å². The van der Waals surface area contributed by atoms with Crippen LogP contribution in [0.3, 0.4) is 0 Å². The highest BCUT2D eigenvalue weighted by Gasteiger charge is 2.33. The topological polar surface area (TPSA) is 46.7 Å². The Balaban J connectivity index is 1.98. The van der Waals surface area contributed by atoms with Crippen molar-refractivity contribution in [1.82, 2.24) is 0 Å². The van der Waals surface area contributed by atoms with Crippen molar-refractivity contribution in [3.63, 3.8) is 0 Å². The summed E-state index contributed by atoms with van der Waals surface area (Å²) in [5.74, 6) is 0.224. The Morgan fingerprint density at radius 1 is 1.23 bits per heavy atom. The average Bonchev–Trinajstić information content (AvgIpc) is 2.90. The van der Waals surface area contributed by atoms with E-state index in [4.69, 9.17) is 4.42 Å². The number of para-hydroxylation sites is 1. The minimum atomic E-state index is -4.50. The number of nitrogens with one attached hydrogen (secondary N) is 2. The lowest BCUT2D eigenvalue weighted by atomic mass is 10.1. The number of furan rings is 1. The maximum Gasteiger partial charge on any atom is 0.418 e. The number of amides is 1. The van der Waals surface area contributed by atoms with Crippen LogP contribution in [0.4, 0.5) is 18.9 Å². The number of anilines is 1. The fraction of sp³-hybridized carbons (Fsp3) is 0.267. The van der Waals surface area contributed by atoms with E-state index < -0.39 is 17.6 Å². The van der Waals surface area contributed by atoms with E-state index in [9.17, 15) is 18.0 Å². The Morgan fingerprint density at radius 2 is 1.95 bits per heavy atom. The molecule has 0 saturated heterocycles. The molecule has 0 aliphatic carbocycles. The predicted octanol–water partition coefficient (Wildman–Crippen LogP) is 1.95. The van der Waals surface area contributed by atoms with Gasteiger partial charge in [-0.25, -0.2) is 0 Å². The number of alkyl halides is 3. The van der Waals surface area contributed by atoms with Gasteiger partial charge in [-0.05, 0) is 24.3 Å². The molecule has 0 bridgehead atoms. The van der Waals surface area contributed by atoms with Gasteiger partial charge in [-0.1, -0.05) is 12.1 Å². The van der Waals surface area contributed by atoms with Crippen LogP contribution in [0.5, 0.6) is 0 Å². The van der Waals surface area contributed by atoms with Crippen LogP contribution in [-0.4, -0.2) is 19.5 Å². The summed E-state index contributed by atoms with van der Waals surface area (Å²) in [5, 5.41) is 2.32. The highest BCUT2D eigenvalue weighted by atomic mass is 19.4. The van der Waals surface area contributed by atoms with E-state index in [2.05, 4.69) is 5.32 Å². The monoisotopic (exact) mass is 313 g/mol. The lowest BCUT2D eigenvalue weighted by Crippen LogP contribution is -3.08. The van der Waals surface area contributed by atoms with Crippen molar-refractivity contribution in [2.24, 2.45) is 0 Å². The molecule has 2 aromatic rings. The molecule has 1 unspecified atom stereocenters. The molecule has 0 fully saturated rings. The minimum absolute atomic E-state index is 0.0346. The summed E-state index contributed by atoms with van der Waals surface area (Å²) in [5.41, 5.74) is -1.09. The molecular weight excluding hydrogens is 297 g/mol. The summed E-state index contributed by atoms with van der Waals surface area (Å²) in [6.45, 7) is 0.508. The van der Waals surface area contributed by atoms with Crippen molar-refractivity contribution in [2.45, 2.75) is 12.7 Å². The number of rotatable bonds is 5. The molecule has 0 aliphatic rings. The summed E-state index contributed by atoms with van der Waals surface area (Å²) in [4.78, 5) is 12.7. The molecule has 0 spiro atoms. The molecule has 2 N–H and O–H groups in total. The number of hydrogen-bond acceptors (Lipinski definition) is 2. The van der Waals surface area contributed by atoms with E-state index in [1.165, 1.54) is 24.5 Å². The molecule has 0 radical (unpaired) electrons. The number of hydrogen-bond donors (Lipinski definition) is 2. The van der Waals surface area contributed by atoms with E-state index in [1.54, 1.807) is 19.2 Å². The fourth-order valence-corrected chi connectivity index (χ4v) is 2.08. The molecule has 7 heteroatoms. The van der Waals surface area contributed by atoms with Gasteiger partial charge in [0, 0.05) is 0 Å². The molecule has 1 heterocycles. The van der Waals surface area contributed by atoms with Gasteiger partial charge < -0.3 is 14.6 Å². The molecule has 0 saturated carbocycles.